The van der Waals surface area contributed by atoms with Crippen molar-refractivity contribution < 1.29 is 26.9 Å². The molecule has 2 rings (SSSR count). The van der Waals surface area contributed by atoms with Crippen molar-refractivity contribution in [3.8, 4) is 5.75 Å². The van der Waals surface area contributed by atoms with Gasteiger partial charge in [-0.15, -0.1) is 0 Å². The highest BCUT2D eigenvalue weighted by atomic mass is 32.2. The maximum Gasteiger partial charge on any atom is 0.297 e. The van der Waals surface area contributed by atoms with Gasteiger partial charge in [-0.25, -0.2) is 0 Å². The van der Waals surface area contributed by atoms with E-state index >= 15 is 0 Å². The van der Waals surface area contributed by atoms with E-state index in [2.05, 4.69) is 5.32 Å². The molecule has 7 nitrogen and oxygen atoms in total. The van der Waals surface area contributed by atoms with Crippen LogP contribution in [-0.4, -0.2) is 39.7 Å². The average Bonchev–Trinajstić information content (AvgIpc) is 2.66. The Bertz CT molecular complexity index is 916. The zero-order valence-electron chi connectivity index (χ0n) is 17.8. The van der Waals surface area contributed by atoms with E-state index in [1.807, 2.05) is 27.7 Å². The Kier molecular flexibility index (Phi) is 8.40. The number of ether oxygens (including phenoxy) is 2. The van der Waals surface area contributed by atoms with Gasteiger partial charge in [0.25, 0.3) is 10.1 Å². The predicted octanol–water partition coefficient (Wildman–Crippen LogP) is 3.92. The second kappa shape index (κ2) is 10.6. The molecule has 30 heavy (non-hydrogen) atoms. The van der Waals surface area contributed by atoms with Crippen molar-refractivity contribution in [1.82, 2.24) is 0 Å². The van der Waals surface area contributed by atoms with Gasteiger partial charge in [-0.2, -0.15) is 8.42 Å². The molecule has 0 saturated carbocycles. The Morgan fingerprint density at radius 2 is 1.57 bits per heavy atom. The van der Waals surface area contributed by atoms with Gasteiger partial charge in [0.15, 0.2) is 0 Å². The molecule has 0 heterocycles. The van der Waals surface area contributed by atoms with Crippen molar-refractivity contribution in [1.29, 1.82) is 0 Å². The molecular formula is C22H29NO6S. The van der Waals surface area contributed by atoms with Gasteiger partial charge in [-0.1, -0.05) is 17.7 Å². The Labute approximate surface area is 178 Å². The number of hydrogen-bond donors (Lipinski definition) is 1. The smallest absolute Gasteiger partial charge is 0.297 e. The van der Waals surface area contributed by atoms with Crippen LogP contribution in [0.15, 0.2) is 53.4 Å². The quantitative estimate of drug-likeness (QED) is 0.449. The number of anilines is 1. The number of carbonyl (C=O) groups excluding carboxylic acids is 1. The van der Waals surface area contributed by atoms with Gasteiger partial charge in [0.1, 0.15) is 19.0 Å². The summed E-state index contributed by atoms with van der Waals surface area (Å²) in [7, 11) is -3.81. The number of rotatable bonds is 10. The molecule has 0 radical (unpaired) electrons. The Balaban J connectivity index is 1.73. The third-order valence-electron chi connectivity index (χ3n) is 3.90. The molecule has 164 valence electrons. The first-order valence-corrected chi connectivity index (χ1v) is 11.1. The highest BCUT2D eigenvalue weighted by Crippen LogP contribution is 2.17. The van der Waals surface area contributed by atoms with Crippen LogP contribution in [0.4, 0.5) is 5.69 Å². The fourth-order valence-corrected chi connectivity index (χ4v) is 3.28. The number of aryl methyl sites for hydroxylation is 1. The summed E-state index contributed by atoms with van der Waals surface area (Å²) >= 11 is 0. The van der Waals surface area contributed by atoms with Gasteiger partial charge >= 0.3 is 0 Å². The number of carbonyl (C=O) groups is 1. The molecule has 0 aliphatic carbocycles. The van der Waals surface area contributed by atoms with E-state index in [-0.39, 0.29) is 36.0 Å². The molecule has 0 spiro atoms. The molecule has 0 unspecified atom stereocenters. The second-order valence-electron chi connectivity index (χ2n) is 7.72. The molecule has 0 atom stereocenters. The van der Waals surface area contributed by atoms with Gasteiger partial charge in [0, 0.05) is 5.69 Å². The lowest BCUT2D eigenvalue weighted by atomic mass is 10.2. The highest BCUT2D eigenvalue weighted by Gasteiger charge is 2.14. The lowest BCUT2D eigenvalue weighted by Gasteiger charge is -2.19. The molecular weight excluding hydrogens is 406 g/mol. The number of nitrogens with one attached hydrogen (secondary N) is 1. The molecule has 0 aliphatic heterocycles. The number of benzene rings is 2. The van der Waals surface area contributed by atoms with Crippen LogP contribution >= 0.6 is 0 Å². The summed E-state index contributed by atoms with van der Waals surface area (Å²) in [6, 6.07) is 13.2. The summed E-state index contributed by atoms with van der Waals surface area (Å²) in [6.45, 7) is 8.00. The topological polar surface area (TPSA) is 90.9 Å². The van der Waals surface area contributed by atoms with Crippen LogP contribution < -0.4 is 10.1 Å². The van der Waals surface area contributed by atoms with Crippen molar-refractivity contribution in [2.24, 2.45) is 0 Å². The summed E-state index contributed by atoms with van der Waals surface area (Å²) in [5.74, 6) is 0.406. The van der Waals surface area contributed by atoms with E-state index in [9.17, 15) is 13.2 Å². The van der Waals surface area contributed by atoms with Crippen LogP contribution in [0.25, 0.3) is 0 Å². The SMILES string of the molecule is Cc1ccc(S(=O)(=O)OCCOc2ccc(NC(=O)CCOC(C)(C)C)cc2)cc1. The molecule has 0 aliphatic rings. The van der Waals surface area contributed by atoms with Crippen molar-refractivity contribution in [2.75, 3.05) is 25.1 Å². The van der Waals surface area contributed by atoms with Crippen molar-refractivity contribution in [2.45, 2.75) is 44.6 Å². The first-order chi connectivity index (χ1) is 14.0. The second-order valence-corrected chi connectivity index (χ2v) is 9.34. The normalized spacial score (nSPS) is 11.9. The van der Waals surface area contributed by atoms with Crippen LogP contribution in [0.1, 0.15) is 32.8 Å². The van der Waals surface area contributed by atoms with E-state index in [1.54, 1.807) is 36.4 Å². The molecule has 2 aromatic carbocycles. The van der Waals surface area contributed by atoms with Crippen molar-refractivity contribution in [3.05, 3.63) is 54.1 Å². The zero-order valence-corrected chi connectivity index (χ0v) is 18.6. The summed E-state index contributed by atoms with van der Waals surface area (Å²) in [5.41, 5.74) is 1.33. The van der Waals surface area contributed by atoms with Gasteiger partial charge in [0.05, 0.1) is 23.5 Å². The molecule has 8 heteroatoms. The minimum Gasteiger partial charge on any atom is -0.491 e. The predicted molar refractivity (Wildman–Crippen MR) is 115 cm³/mol. The maximum absolute atomic E-state index is 12.1. The minimum atomic E-state index is -3.81. The fourth-order valence-electron chi connectivity index (χ4n) is 2.38. The largest absolute Gasteiger partial charge is 0.491 e. The van der Waals surface area contributed by atoms with E-state index in [0.29, 0.717) is 18.0 Å². The number of amides is 1. The first-order valence-electron chi connectivity index (χ1n) is 9.68. The van der Waals surface area contributed by atoms with Crippen LogP contribution in [0.5, 0.6) is 5.75 Å². The van der Waals surface area contributed by atoms with E-state index in [1.165, 1.54) is 12.1 Å². The molecule has 0 saturated heterocycles. The van der Waals surface area contributed by atoms with Crippen molar-refractivity contribution >= 4 is 21.7 Å². The van der Waals surface area contributed by atoms with E-state index in [0.717, 1.165) is 5.56 Å². The van der Waals surface area contributed by atoms with Crippen LogP contribution in [0.3, 0.4) is 0 Å². The minimum absolute atomic E-state index is 0.0704. The summed E-state index contributed by atoms with van der Waals surface area (Å²) < 4.78 is 40.2. The van der Waals surface area contributed by atoms with Crippen molar-refractivity contribution in [3.63, 3.8) is 0 Å². The fraction of sp³-hybridized carbons (Fsp3) is 0.409. The van der Waals surface area contributed by atoms with E-state index < -0.39 is 10.1 Å². The average molecular weight is 436 g/mol. The third kappa shape index (κ3) is 8.52. The number of hydrogen-bond acceptors (Lipinski definition) is 6. The van der Waals surface area contributed by atoms with Gasteiger partial charge < -0.3 is 14.8 Å². The van der Waals surface area contributed by atoms with Crippen LogP contribution in [-0.2, 0) is 23.8 Å². The molecule has 0 fully saturated rings. The summed E-state index contributed by atoms with van der Waals surface area (Å²) in [5, 5.41) is 2.79. The Morgan fingerprint density at radius 3 is 2.17 bits per heavy atom. The van der Waals surface area contributed by atoms with Crippen LogP contribution in [0, 0.1) is 6.92 Å². The molecule has 0 bridgehead atoms. The molecule has 1 N–H and O–H groups in total. The lowest BCUT2D eigenvalue weighted by molar-refractivity contribution is -0.118. The highest BCUT2D eigenvalue weighted by molar-refractivity contribution is 7.86. The summed E-state index contributed by atoms with van der Waals surface area (Å²) in [6.07, 6.45) is 0.266. The van der Waals surface area contributed by atoms with E-state index in [4.69, 9.17) is 13.7 Å². The third-order valence-corrected chi connectivity index (χ3v) is 5.23. The standard InChI is InChI=1S/C22H29NO6S/c1-17-5-11-20(12-6-17)30(25,26)29-16-15-27-19-9-7-18(8-10-19)23-21(24)13-14-28-22(2,3)4/h5-12H,13-16H2,1-4H3,(H,23,24). The molecule has 0 aromatic heterocycles. The van der Waals surface area contributed by atoms with Gasteiger partial charge in [0.2, 0.25) is 5.91 Å². The Morgan fingerprint density at radius 1 is 0.933 bits per heavy atom. The van der Waals surface area contributed by atoms with Gasteiger partial charge in [-0.3, -0.25) is 8.98 Å². The Hall–Kier alpha value is -2.42. The van der Waals surface area contributed by atoms with Gasteiger partial charge in [-0.05, 0) is 64.1 Å². The zero-order chi connectivity index (χ0) is 22.2. The summed E-state index contributed by atoms with van der Waals surface area (Å²) in [4.78, 5) is 12.0. The monoisotopic (exact) mass is 435 g/mol. The lowest BCUT2D eigenvalue weighted by Crippen LogP contribution is -2.22. The maximum atomic E-state index is 12.1. The first kappa shape index (κ1) is 23.9. The molecule has 1 amide bonds. The van der Waals surface area contributed by atoms with Crippen LogP contribution in [0.2, 0.25) is 0 Å². The molecule has 2 aromatic rings.